The minimum Gasteiger partial charge on any atom is -0.319 e. The molecule has 2 aromatic rings. The maximum atomic E-state index is 13.3. The van der Waals surface area contributed by atoms with Crippen molar-refractivity contribution in [3.63, 3.8) is 0 Å². The summed E-state index contributed by atoms with van der Waals surface area (Å²) in [6.45, 7) is 0. The summed E-state index contributed by atoms with van der Waals surface area (Å²) in [5.74, 6) is -0.944. The first-order valence-corrected chi connectivity index (χ1v) is 9.34. The van der Waals surface area contributed by atoms with Crippen molar-refractivity contribution in [1.82, 2.24) is 5.32 Å². The second-order valence-electron chi connectivity index (χ2n) is 5.40. The lowest BCUT2D eigenvalue weighted by atomic mass is 9.87. The number of nitrogens with one attached hydrogen (secondary N) is 1. The Morgan fingerprint density at radius 1 is 1.32 bits per heavy atom. The largest absolute Gasteiger partial charge is 0.319 e. The topological polar surface area (TPSA) is 70.0 Å². The van der Waals surface area contributed by atoms with Gasteiger partial charge in [0.25, 0.3) is 0 Å². The first kappa shape index (κ1) is 17.4. The molecular formula is C18H13FN2O2S2. The Hall–Kier alpha value is -2.43. The Kier molecular flexibility index (Phi) is 5.31. The highest BCUT2D eigenvalue weighted by Crippen LogP contribution is 2.35. The number of nitriles is 1. The summed E-state index contributed by atoms with van der Waals surface area (Å²) in [5, 5.41) is 14.6. The molecule has 1 N–H and O–H groups in total. The molecule has 1 fully saturated rings. The average Bonchev–Trinajstić information content (AvgIpc) is 3.27. The van der Waals surface area contributed by atoms with Crippen molar-refractivity contribution < 1.29 is 14.0 Å². The molecule has 1 aromatic carbocycles. The average molecular weight is 372 g/mol. The van der Waals surface area contributed by atoms with Gasteiger partial charge < -0.3 is 5.32 Å². The summed E-state index contributed by atoms with van der Waals surface area (Å²) in [6.07, 6.45) is 0.0783. The normalized spacial score (nSPS) is 16.9. The first-order chi connectivity index (χ1) is 12.1. The van der Waals surface area contributed by atoms with E-state index in [1.165, 1.54) is 35.2 Å². The molecule has 4 nitrogen and oxygen atoms in total. The fraction of sp³-hybridized carbons (Fsp3) is 0.167. The third-order valence-corrected chi connectivity index (χ3v) is 5.70. The van der Waals surface area contributed by atoms with Gasteiger partial charge in [0, 0.05) is 12.3 Å². The van der Waals surface area contributed by atoms with Crippen molar-refractivity contribution in [2.45, 2.75) is 12.3 Å². The van der Waals surface area contributed by atoms with E-state index in [1.807, 2.05) is 5.38 Å². The molecule has 0 aliphatic carbocycles. The number of benzene rings is 1. The molecule has 1 aliphatic rings. The number of ketones is 1. The zero-order valence-electron chi connectivity index (χ0n) is 13.0. The number of nitrogens with zero attached hydrogens (tertiary/aromatic N) is 1. The van der Waals surface area contributed by atoms with Crippen LogP contribution in [0.5, 0.6) is 0 Å². The molecule has 7 heteroatoms. The van der Waals surface area contributed by atoms with Crippen molar-refractivity contribution >= 4 is 34.8 Å². The van der Waals surface area contributed by atoms with Crippen LogP contribution in [-0.4, -0.2) is 17.4 Å². The fourth-order valence-corrected chi connectivity index (χ4v) is 4.13. The molecule has 25 heavy (non-hydrogen) atoms. The summed E-state index contributed by atoms with van der Waals surface area (Å²) in [5.41, 5.74) is 0.990. The molecule has 126 valence electrons. The van der Waals surface area contributed by atoms with Crippen LogP contribution in [0.4, 0.5) is 4.39 Å². The van der Waals surface area contributed by atoms with Crippen LogP contribution in [0.3, 0.4) is 0 Å². The Bertz CT molecular complexity index is 867. The molecular weight excluding hydrogens is 359 g/mol. The number of halogens is 1. The smallest absolute Gasteiger partial charge is 0.235 e. The van der Waals surface area contributed by atoms with E-state index in [9.17, 15) is 19.2 Å². The maximum Gasteiger partial charge on any atom is 0.235 e. The van der Waals surface area contributed by atoms with Crippen LogP contribution in [0.15, 0.2) is 52.4 Å². The van der Waals surface area contributed by atoms with Crippen LogP contribution in [0.1, 0.15) is 27.6 Å². The second-order valence-corrected chi connectivity index (χ2v) is 7.33. The van der Waals surface area contributed by atoms with Gasteiger partial charge in [-0.25, -0.2) is 4.39 Å². The van der Waals surface area contributed by atoms with Gasteiger partial charge in [0.2, 0.25) is 5.91 Å². The van der Waals surface area contributed by atoms with Gasteiger partial charge in [0.1, 0.15) is 5.82 Å². The van der Waals surface area contributed by atoms with Crippen LogP contribution in [-0.2, 0) is 4.79 Å². The van der Waals surface area contributed by atoms with E-state index in [0.29, 0.717) is 21.0 Å². The lowest BCUT2D eigenvalue weighted by molar-refractivity contribution is -0.117. The predicted octanol–water partition coefficient (Wildman–Crippen LogP) is 3.84. The minimum absolute atomic E-state index is 0.0783. The lowest BCUT2D eigenvalue weighted by Gasteiger charge is -2.17. The van der Waals surface area contributed by atoms with Gasteiger partial charge in [0.15, 0.2) is 5.78 Å². The van der Waals surface area contributed by atoms with Gasteiger partial charge in [-0.05, 0) is 29.1 Å². The number of rotatable bonds is 5. The van der Waals surface area contributed by atoms with E-state index in [1.54, 1.807) is 24.3 Å². The maximum absolute atomic E-state index is 13.3. The van der Waals surface area contributed by atoms with E-state index in [2.05, 4.69) is 11.4 Å². The molecule has 0 saturated carbocycles. The highest BCUT2D eigenvalue weighted by molar-refractivity contribution is 8.04. The van der Waals surface area contributed by atoms with Crippen LogP contribution >= 0.6 is 23.1 Å². The Morgan fingerprint density at radius 2 is 2.08 bits per heavy atom. The quantitative estimate of drug-likeness (QED) is 0.639. The molecule has 2 heterocycles. The van der Waals surface area contributed by atoms with Crippen molar-refractivity contribution in [1.29, 1.82) is 5.26 Å². The predicted molar refractivity (Wildman–Crippen MR) is 95.6 cm³/mol. The van der Waals surface area contributed by atoms with Crippen LogP contribution in [0.2, 0.25) is 0 Å². The molecule has 0 spiro atoms. The highest BCUT2D eigenvalue weighted by atomic mass is 32.2. The third kappa shape index (κ3) is 3.98. The zero-order valence-corrected chi connectivity index (χ0v) is 14.6. The van der Waals surface area contributed by atoms with Crippen molar-refractivity contribution in [3.05, 3.63) is 68.6 Å². The van der Waals surface area contributed by atoms with Crippen LogP contribution in [0, 0.1) is 17.1 Å². The molecule has 0 bridgehead atoms. The highest BCUT2D eigenvalue weighted by Gasteiger charge is 2.28. The van der Waals surface area contributed by atoms with E-state index in [-0.39, 0.29) is 29.7 Å². The lowest BCUT2D eigenvalue weighted by Crippen LogP contribution is -2.18. The molecule has 0 radical (unpaired) electrons. The first-order valence-electron chi connectivity index (χ1n) is 7.47. The standard InChI is InChI=1S/C18H13FN2O2S2/c19-12-5-3-11(4-6-12)13(8-15(22)16-2-1-7-24-16)14(9-20)18-21-17(23)10-25-18/h1-7,13H,8,10H2,(H,21,23)/b18-14+/t13-/m1/s1. The molecule has 3 rings (SSSR count). The van der Waals surface area contributed by atoms with E-state index in [4.69, 9.17) is 0 Å². The van der Waals surface area contributed by atoms with Gasteiger partial charge >= 0.3 is 0 Å². The molecule has 1 amide bonds. The van der Waals surface area contributed by atoms with Crippen LogP contribution in [0.25, 0.3) is 0 Å². The van der Waals surface area contributed by atoms with Gasteiger partial charge in [0.05, 0.1) is 27.3 Å². The SMILES string of the molecule is N#C/C(=C1/NC(=O)CS1)[C@H](CC(=O)c1cccs1)c1ccc(F)cc1. The Labute approximate surface area is 152 Å². The van der Waals surface area contributed by atoms with Crippen molar-refractivity contribution in [3.8, 4) is 6.07 Å². The Balaban J connectivity index is 1.99. The van der Waals surface area contributed by atoms with Crippen molar-refractivity contribution in [2.24, 2.45) is 0 Å². The number of thioether (sulfide) groups is 1. The molecule has 1 aliphatic heterocycles. The zero-order chi connectivity index (χ0) is 17.8. The van der Waals surface area contributed by atoms with E-state index in [0.717, 1.165) is 0 Å². The Morgan fingerprint density at radius 3 is 2.64 bits per heavy atom. The number of hydrogen-bond acceptors (Lipinski definition) is 5. The number of amides is 1. The fourth-order valence-electron chi connectivity index (χ4n) is 2.57. The summed E-state index contributed by atoms with van der Waals surface area (Å²) in [7, 11) is 0. The summed E-state index contributed by atoms with van der Waals surface area (Å²) < 4.78 is 13.3. The van der Waals surface area contributed by atoms with Gasteiger partial charge in [-0.1, -0.05) is 30.0 Å². The van der Waals surface area contributed by atoms with Crippen molar-refractivity contribution in [2.75, 3.05) is 5.75 Å². The number of carbonyl (C=O) groups is 2. The molecule has 1 aromatic heterocycles. The van der Waals surface area contributed by atoms with Crippen LogP contribution < -0.4 is 5.32 Å². The number of carbonyl (C=O) groups excluding carboxylic acids is 2. The minimum atomic E-state index is -0.541. The monoisotopic (exact) mass is 372 g/mol. The van der Waals surface area contributed by atoms with Gasteiger partial charge in [-0.2, -0.15) is 5.26 Å². The molecule has 0 unspecified atom stereocenters. The van der Waals surface area contributed by atoms with E-state index < -0.39 is 5.92 Å². The number of hydrogen-bond donors (Lipinski definition) is 1. The molecule has 1 atom stereocenters. The van der Waals surface area contributed by atoms with Gasteiger partial charge in [-0.15, -0.1) is 11.3 Å². The third-order valence-electron chi connectivity index (χ3n) is 3.77. The summed E-state index contributed by atoms with van der Waals surface area (Å²) in [4.78, 5) is 24.7. The number of Topliss-reactive ketones (excluding diaryl/α,β-unsaturated/α-hetero) is 1. The number of allylic oxidation sites excluding steroid dienone is 1. The number of thiophene rings is 1. The summed E-state index contributed by atoms with van der Waals surface area (Å²) in [6, 6.07) is 11.4. The molecule has 1 saturated heterocycles. The van der Waals surface area contributed by atoms with Gasteiger partial charge in [-0.3, -0.25) is 9.59 Å². The summed E-state index contributed by atoms with van der Waals surface area (Å²) >= 11 is 2.59. The second kappa shape index (κ2) is 7.64. The van der Waals surface area contributed by atoms with E-state index >= 15 is 0 Å².